The van der Waals surface area contributed by atoms with E-state index in [0.29, 0.717) is 12.5 Å². The highest BCUT2D eigenvalue weighted by Crippen LogP contribution is 2.36. The van der Waals surface area contributed by atoms with Crippen LogP contribution in [0.2, 0.25) is 0 Å². The number of hydrogen-bond donors (Lipinski definition) is 0. The number of nitrogens with zero attached hydrogens (tertiary/aromatic N) is 6. The molecule has 8 heteroatoms. The van der Waals surface area contributed by atoms with Crippen molar-refractivity contribution in [1.82, 2.24) is 19.8 Å². The van der Waals surface area contributed by atoms with Crippen LogP contribution in [0, 0.1) is 0 Å². The molecule has 0 bridgehead atoms. The summed E-state index contributed by atoms with van der Waals surface area (Å²) in [5, 5.41) is 0. The third-order valence-electron chi connectivity index (χ3n) is 7.34. The molecule has 0 radical (unpaired) electrons. The Balaban J connectivity index is 1.28. The molecule has 5 rings (SSSR count). The van der Waals surface area contributed by atoms with Gasteiger partial charge in [-0.15, -0.1) is 0 Å². The standard InChI is InChI=1S/C26H38N6O2/c1-29-10-12-31(13-11-29)23-6-4-21(5-7-23)25-27-18-24-22(20-33-2)19-32(26(24)28-25)9-3-8-30-14-16-34-17-15-30/h4-7,18,22H,3,8-17,19-20H2,1-2H3. The van der Waals surface area contributed by atoms with Crippen LogP contribution in [-0.2, 0) is 9.47 Å². The maximum atomic E-state index is 5.51. The van der Waals surface area contributed by atoms with E-state index >= 15 is 0 Å². The molecule has 34 heavy (non-hydrogen) atoms. The van der Waals surface area contributed by atoms with Gasteiger partial charge in [0.05, 0.1) is 19.8 Å². The smallest absolute Gasteiger partial charge is 0.161 e. The van der Waals surface area contributed by atoms with Gasteiger partial charge in [0.1, 0.15) is 5.82 Å². The Morgan fingerprint density at radius 2 is 1.76 bits per heavy atom. The molecule has 0 spiro atoms. The van der Waals surface area contributed by atoms with Gasteiger partial charge in [-0.05, 0) is 37.7 Å². The Morgan fingerprint density at radius 3 is 2.50 bits per heavy atom. The monoisotopic (exact) mass is 466 g/mol. The number of anilines is 2. The Labute approximate surface area is 203 Å². The quantitative estimate of drug-likeness (QED) is 0.587. The fourth-order valence-electron chi connectivity index (χ4n) is 5.25. The number of ether oxygens (including phenoxy) is 2. The number of methoxy groups -OCH3 is 1. The van der Waals surface area contributed by atoms with Crippen molar-refractivity contribution in [2.45, 2.75) is 12.3 Å². The lowest BCUT2D eigenvalue weighted by atomic mass is 10.1. The summed E-state index contributed by atoms with van der Waals surface area (Å²) in [5.41, 5.74) is 3.57. The SMILES string of the molecule is COCC1CN(CCCN2CCOCC2)c2nc(-c3ccc(N4CCN(C)CC4)cc3)ncc21. The molecule has 1 atom stereocenters. The first-order valence-electron chi connectivity index (χ1n) is 12.7. The van der Waals surface area contributed by atoms with E-state index < -0.39 is 0 Å². The lowest BCUT2D eigenvalue weighted by Crippen LogP contribution is -2.44. The van der Waals surface area contributed by atoms with Crippen molar-refractivity contribution in [3.8, 4) is 11.4 Å². The summed E-state index contributed by atoms with van der Waals surface area (Å²) in [4.78, 5) is 19.6. The summed E-state index contributed by atoms with van der Waals surface area (Å²) in [6.45, 7) is 11.9. The molecular weight excluding hydrogens is 428 g/mol. The van der Waals surface area contributed by atoms with Crippen molar-refractivity contribution in [2.75, 3.05) is 103 Å². The second-order valence-corrected chi connectivity index (χ2v) is 9.72. The fourth-order valence-corrected chi connectivity index (χ4v) is 5.25. The molecule has 0 saturated carbocycles. The van der Waals surface area contributed by atoms with Gasteiger partial charge in [0.25, 0.3) is 0 Å². The molecule has 0 N–H and O–H groups in total. The van der Waals surface area contributed by atoms with Crippen LogP contribution in [-0.4, -0.2) is 113 Å². The summed E-state index contributed by atoms with van der Waals surface area (Å²) in [6.07, 6.45) is 3.15. The summed E-state index contributed by atoms with van der Waals surface area (Å²) in [6, 6.07) is 8.76. The number of likely N-dealkylation sites (N-methyl/N-ethyl adjacent to an activating group) is 1. The molecule has 2 aromatic rings. The van der Waals surface area contributed by atoms with Gasteiger partial charge in [0, 0.05) is 94.9 Å². The number of morpholine rings is 1. The van der Waals surface area contributed by atoms with E-state index in [-0.39, 0.29) is 0 Å². The molecule has 2 saturated heterocycles. The van der Waals surface area contributed by atoms with E-state index in [1.165, 1.54) is 11.3 Å². The molecule has 3 aliphatic rings. The second-order valence-electron chi connectivity index (χ2n) is 9.72. The lowest BCUT2D eigenvalue weighted by Gasteiger charge is -2.34. The van der Waals surface area contributed by atoms with Crippen LogP contribution >= 0.6 is 0 Å². The molecule has 0 aliphatic carbocycles. The van der Waals surface area contributed by atoms with Gasteiger partial charge in [-0.2, -0.15) is 0 Å². The van der Waals surface area contributed by atoms with Crippen molar-refractivity contribution >= 4 is 11.5 Å². The minimum Gasteiger partial charge on any atom is -0.384 e. The van der Waals surface area contributed by atoms with Gasteiger partial charge >= 0.3 is 0 Å². The first-order chi connectivity index (χ1) is 16.7. The number of piperazine rings is 1. The van der Waals surface area contributed by atoms with Gasteiger partial charge in [-0.1, -0.05) is 0 Å². The first kappa shape index (κ1) is 23.5. The normalized spacial score (nSPS) is 21.8. The molecule has 1 aromatic heterocycles. The third-order valence-corrected chi connectivity index (χ3v) is 7.34. The van der Waals surface area contributed by atoms with Crippen molar-refractivity contribution in [3.05, 3.63) is 36.0 Å². The summed E-state index contributed by atoms with van der Waals surface area (Å²) in [7, 11) is 3.96. The van der Waals surface area contributed by atoms with Gasteiger partial charge in [0.15, 0.2) is 5.82 Å². The highest BCUT2D eigenvalue weighted by molar-refractivity contribution is 5.64. The molecule has 3 aliphatic heterocycles. The van der Waals surface area contributed by atoms with Crippen LogP contribution in [0.1, 0.15) is 17.9 Å². The van der Waals surface area contributed by atoms with Crippen LogP contribution in [0.25, 0.3) is 11.4 Å². The van der Waals surface area contributed by atoms with E-state index in [9.17, 15) is 0 Å². The van der Waals surface area contributed by atoms with E-state index in [2.05, 4.69) is 50.9 Å². The highest BCUT2D eigenvalue weighted by atomic mass is 16.5. The fraction of sp³-hybridized carbons (Fsp3) is 0.615. The predicted molar refractivity (Wildman–Crippen MR) is 136 cm³/mol. The van der Waals surface area contributed by atoms with E-state index in [1.807, 2.05) is 6.20 Å². The molecule has 4 heterocycles. The van der Waals surface area contributed by atoms with Crippen LogP contribution in [0.15, 0.2) is 30.5 Å². The topological polar surface area (TPSA) is 57.2 Å². The van der Waals surface area contributed by atoms with Crippen molar-refractivity contribution < 1.29 is 9.47 Å². The summed E-state index contributed by atoms with van der Waals surface area (Å²) in [5.74, 6) is 2.22. The largest absolute Gasteiger partial charge is 0.384 e. The molecule has 8 nitrogen and oxygen atoms in total. The Bertz CT molecular complexity index is 925. The molecular formula is C26H38N6O2. The maximum Gasteiger partial charge on any atom is 0.161 e. The number of rotatable bonds is 8. The van der Waals surface area contributed by atoms with Crippen LogP contribution in [0.3, 0.4) is 0 Å². The van der Waals surface area contributed by atoms with Gasteiger partial charge in [-0.25, -0.2) is 9.97 Å². The average molecular weight is 467 g/mol. The first-order valence-corrected chi connectivity index (χ1v) is 12.7. The Kier molecular flexibility index (Phi) is 7.59. The molecule has 1 aromatic carbocycles. The minimum absolute atomic E-state index is 0.331. The Hall–Kier alpha value is -2.26. The zero-order chi connectivity index (χ0) is 23.3. The average Bonchev–Trinajstić information content (AvgIpc) is 3.22. The van der Waals surface area contributed by atoms with Crippen LogP contribution < -0.4 is 9.80 Å². The van der Waals surface area contributed by atoms with Crippen molar-refractivity contribution in [1.29, 1.82) is 0 Å². The molecule has 184 valence electrons. The van der Waals surface area contributed by atoms with Gasteiger partial charge < -0.3 is 24.2 Å². The van der Waals surface area contributed by atoms with Crippen LogP contribution in [0.5, 0.6) is 0 Å². The highest BCUT2D eigenvalue weighted by Gasteiger charge is 2.31. The summed E-state index contributed by atoms with van der Waals surface area (Å²) >= 11 is 0. The number of hydrogen-bond acceptors (Lipinski definition) is 8. The van der Waals surface area contributed by atoms with Gasteiger partial charge in [0.2, 0.25) is 0 Å². The number of fused-ring (bicyclic) bond motifs is 1. The number of aromatic nitrogens is 2. The lowest BCUT2D eigenvalue weighted by molar-refractivity contribution is 0.0376. The van der Waals surface area contributed by atoms with Gasteiger partial charge in [-0.3, -0.25) is 4.90 Å². The predicted octanol–water partition coefficient (Wildman–Crippen LogP) is 2.17. The molecule has 1 unspecified atom stereocenters. The third kappa shape index (κ3) is 5.35. The summed E-state index contributed by atoms with van der Waals surface area (Å²) < 4.78 is 11.0. The van der Waals surface area contributed by atoms with Crippen LogP contribution in [0.4, 0.5) is 11.5 Å². The Morgan fingerprint density at radius 1 is 1.00 bits per heavy atom. The van der Waals surface area contributed by atoms with Crippen molar-refractivity contribution in [3.63, 3.8) is 0 Å². The second kappa shape index (κ2) is 11.0. The number of benzene rings is 1. The molecule has 0 amide bonds. The van der Waals surface area contributed by atoms with E-state index in [0.717, 1.165) is 95.7 Å². The molecule has 2 fully saturated rings. The zero-order valence-electron chi connectivity index (χ0n) is 20.7. The maximum absolute atomic E-state index is 5.51. The van der Waals surface area contributed by atoms with E-state index in [1.54, 1.807) is 7.11 Å². The zero-order valence-corrected chi connectivity index (χ0v) is 20.7. The minimum atomic E-state index is 0.331. The van der Waals surface area contributed by atoms with E-state index in [4.69, 9.17) is 19.4 Å². The van der Waals surface area contributed by atoms with Crippen molar-refractivity contribution in [2.24, 2.45) is 0 Å².